The summed E-state index contributed by atoms with van der Waals surface area (Å²) in [7, 11) is 1.40. The largest absolute Gasteiger partial charge is 0.465 e. The van der Waals surface area contributed by atoms with Crippen LogP contribution in [-0.2, 0) is 11.2 Å². The van der Waals surface area contributed by atoms with E-state index in [2.05, 4.69) is 32.2 Å². The lowest BCUT2D eigenvalue weighted by molar-refractivity contribution is -0.101. The smallest absolute Gasteiger partial charge is 0.338 e. The standard InChI is InChI=1S/C32H46N2O3/c1-20(34-16-13-22-17-21(19-33)5-7-25(22)30(35)37-4)28-9-10-29-27-8-6-23-18-31(2,36)14-11-24(23)26(27)12-15-32(28,29)3/h5,7,17,20,23-24,26-29,34,36H,6,8-16,18H2,1-4H3/t20-,23-,24+,26-,27-,28-,29+,31-,32-/m1/s1. The number of carbonyl (C=O) groups excluding carboxylic acids is 1. The van der Waals surface area contributed by atoms with E-state index in [1.54, 1.807) is 12.1 Å². The second kappa shape index (κ2) is 10.3. The first-order chi connectivity index (χ1) is 17.7. The topological polar surface area (TPSA) is 82.4 Å². The number of rotatable bonds is 6. The van der Waals surface area contributed by atoms with E-state index < -0.39 is 5.60 Å². The summed E-state index contributed by atoms with van der Waals surface area (Å²) in [6.07, 6.45) is 12.0. The highest BCUT2D eigenvalue weighted by Gasteiger charge is 2.58. The van der Waals surface area contributed by atoms with Crippen molar-refractivity contribution in [3.63, 3.8) is 0 Å². The molecule has 5 heteroatoms. The van der Waals surface area contributed by atoms with Gasteiger partial charge in [-0.05, 0) is 149 Å². The van der Waals surface area contributed by atoms with Gasteiger partial charge in [0.05, 0.1) is 29.9 Å². The molecule has 5 nitrogen and oxygen atoms in total. The zero-order chi connectivity index (χ0) is 26.4. The van der Waals surface area contributed by atoms with Gasteiger partial charge in [-0.3, -0.25) is 0 Å². The van der Waals surface area contributed by atoms with Crippen molar-refractivity contribution in [3.8, 4) is 6.07 Å². The van der Waals surface area contributed by atoms with Crippen LogP contribution in [0.2, 0.25) is 0 Å². The molecule has 202 valence electrons. The highest BCUT2D eigenvalue weighted by Crippen LogP contribution is 2.65. The van der Waals surface area contributed by atoms with Gasteiger partial charge in [0.25, 0.3) is 0 Å². The number of hydrogen-bond acceptors (Lipinski definition) is 5. The first-order valence-electron chi connectivity index (χ1n) is 14.7. The number of carbonyl (C=O) groups is 1. The molecule has 2 N–H and O–H groups in total. The SMILES string of the molecule is COC(=O)c1ccc(C#N)cc1CCN[C@H](C)[C@H]1CC[C@H]2[C@@H]3CC[C@@H]4C[C@](C)(O)CC[C@@H]4[C@H]3CC[C@]12C. The number of nitrogens with zero attached hydrogens (tertiary/aromatic N) is 1. The molecule has 4 aliphatic carbocycles. The monoisotopic (exact) mass is 506 g/mol. The molecule has 1 aromatic carbocycles. The molecular weight excluding hydrogens is 460 g/mol. The molecular formula is C32H46N2O3. The van der Waals surface area contributed by atoms with Crippen LogP contribution >= 0.6 is 0 Å². The Morgan fingerprint density at radius 1 is 1.14 bits per heavy atom. The van der Waals surface area contributed by atoms with E-state index in [0.717, 1.165) is 54.5 Å². The molecule has 0 saturated heterocycles. The minimum atomic E-state index is -0.440. The number of esters is 1. The van der Waals surface area contributed by atoms with Crippen LogP contribution in [0.4, 0.5) is 0 Å². The van der Waals surface area contributed by atoms with Crippen molar-refractivity contribution in [2.24, 2.45) is 40.9 Å². The summed E-state index contributed by atoms with van der Waals surface area (Å²) in [5.74, 6) is 4.49. The third-order valence-corrected chi connectivity index (χ3v) is 11.4. The van der Waals surface area contributed by atoms with Gasteiger partial charge in [-0.25, -0.2) is 4.79 Å². The van der Waals surface area contributed by atoms with Gasteiger partial charge in [0.2, 0.25) is 0 Å². The van der Waals surface area contributed by atoms with E-state index in [1.165, 1.54) is 52.1 Å². The van der Waals surface area contributed by atoms with Crippen LogP contribution in [0.1, 0.15) is 100 Å². The van der Waals surface area contributed by atoms with E-state index in [1.807, 2.05) is 6.07 Å². The summed E-state index contributed by atoms with van der Waals surface area (Å²) in [5.41, 5.74) is 1.98. The lowest BCUT2D eigenvalue weighted by Gasteiger charge is -2.57. The predicted molar refractivity (Wildman–Crippen MR) is 145 cm³/mol. The van der Waals surface area contributed by atoms with E-state index in [9.17, 15) is 15.2 Å². The molecule has 0 radical (unpaired) electrons. The molecule has 0 amide bonds. The summed E-state index contributed by atoms with van der Waals surface area (Å²) in [5, 5.41) is 23.8. The molecule has 0 aliphatic heterocycles. The van der Waals surface area contributed by atoms with Crippen LogP contribution in [0.3, 0.4) is 0 Å². The summed E-state index contributed by atoms with van der Waals surface area (Å²) in [4.78, 5) is 12.2. The second-order valence-electron chi connectivity index (χ2n) is 13.4. The molecule has 5 rings (SSSR count). The van der Waals surface area contributed by atoms with E-state index in [4.69, 9.17) is 4.74 Å². The van der Waals surface area contributed by atoms with Gasteiger partial charge >= 0.3 is 5.97 Å². The van der Waals surface area contributed by atoms with Gasteiger partial charge < -0.3 is 15.2 Å². The van der Waals surface area contributed by atoms with Gasteiger partial charge in [0, 0.05) is 6.04 Å². The van der Waals surface area contributed by atoms with Crippen molar-refractivity contribution in [1.29, 1.82) is 5.26 Å². The number of nitrogens with one attached hydrogen (secondary N) is 1. The van der Waals surface area contributed by atoms with E-state index in [-0.39, 0.29) is 5.97 Å². The summed E-state index contributed by atoms with van der Waals surface area (Å²) in [6.45, 7) is 7.79. The van der Waals surface area contributed by atoms with Gasteiger partial charge in [-0.15, -0.1) is 0 Å². The number of nitriles is 1. The third kappa shape index (κ3) is 4.97. The quantitative estimate of drug-likeness (QED) is 0.471. The molecule has 1 aromatic rings. The van der Waals surface area contributed by atoms with Crippen LogP contribution in [0.25, 0.3) is 0 Å². The van der Waals surface area contributed by atoms with Crippen LogP contribution in [-0.4, -0.2) is 36.4 Å². The molecule has 0 spiro atoms. The lowest BCUT2D eigenvalue weighted by Crippen LogP contribution is -2.52. The number of methoxy groups -OCH3 is 1. The van der Waals surface area contributed by atoms with Crippen molar-refractivity contribution in [1.82, 2.24) is 5.32 Å². The molecule has 37 heavy (non-hydrogen) atoms. The molecule has 0 heterocycles. The van der Waals surface area contributed by atoms with Crippen LogP contribution in [0, 0.1) is 52.3 Å². The number of hydrogen-bond donors (Lipinski definition) is 2. The Morgan fingerprint density at radius 2 is 1.92 bits per heavy atom. The zero-order valence-corrected chi connectivity index (χ0v) is 23.3. The number of benzene rings is 1. The number of aliphatic hydroxyl groups is 1. The molecule has 0 unspecified atom stereocenters. The highest BCUT2D eigenvalue weighted by atomic mass is 16.5. The maximum atomic E-state index is 12.2. The van der Waals surface area contributed by atoms with Gasteiger partial charge in [-0.1, -0.05) is 6.92 Å². The third-order valence-electron chi connectivity index (χ3n) is 11.4. The second-order valence-corrected chi connectivity index (χ2v) is 13.4. The molecule has 4 saturated carbocycles. The van der Waals surface area contributed by atoms with Crippen molar-refractivity contribution >= 4 is 5.97 Å². The summed E-state index contributed by atoms with van der Waals surface area (Å²) < 4.78 is 4.96. The molecule has 0 bridgehead atoms. The summed E-state index contributed by atoms with van der Waals surface area (Å²) in [6, 6.07) is 7.84. The van der Waals surface area contributed by atoms with Crippen molar-refractivity contribution in [2.75, 3.05) is 13.7 Å². The average Bonchev–Trinajstić information content (AvgIpc) is 3.24. The molecule has 4 fully saturated rings. The van der Waals surface area contributed by atoms with E-state index in [0.29, 0.717) is 34.9 Å². The van der Waals surface area contributed by atoms with Crippen LogP contribution in [0.5, 0.6) is 0 Å². The highest BCUT2D eigenvalue weighted by molar-refractivity contribution is 5.91. The molecule has 0 aromatic heterocycles. The van der Waals surface area contributed by atoms with Crippen molar-refractivity contribution in [2.45, 2.75) is 96.6 Å². The fourth-order valence-corrected chi connectivity index (χ4v) is 9.70. The average molecular weight is 507 g/mol. The summed E-state index contributed by atoms with van der Waals surface area (Å²) >= 11 is 0. The normalized spacial score (nSPS) is 39.6. The van der Waals surface area contributed by atoms with Crippen LogP contribution in [0.15, 0.2) is 18.2 Å². The molecule has 4 aliphatic rings. The van der Waals surface area contributed by atoms with Crippen molar-refractivity contribution < 1.29 is 14.6 Å². The Balaban J connectivity index is 1.22. The minimum absolute atomic E-state index is 0.341. The number of fused-ring (bicyclic) bond motifs is 5. The first kappa shape index (κ1) is 26.7. The van der Waals surface area contributed by atoms with Gasteiger partial charge in [0.15, 0.2) is 0 Å². The Kier molecular flexibility index (Phi) is 7.46. The fourth-order valence-electron chi connectivity index (χ4n) is 9.70. The molecule has 9 atom stereocenters. The maximum Gasteiger partial charge on any atom is 0.338 e. The van der Waals surface area contributed by atoms with Crippen LogP contribution < -0.4 is 5.32 Å². The number of ether oxygens (including phenoxy) is 1. The van der Waals surface area contributed by atoms with Gasteiger partial charge in [0.1, 0.15) is 0 Å². The Labute approximate surface area is 223 Å². The van der Waals surface area contributed by atoms with Gasteiger partial charge in [-0.2, -0.15) is 5.26 Å². The van der Waals surface area contributed by atoms with Crippen molar-refractivity contribution in [3.05, 3.63) is 34.9 Å². The predicted octanol–water partition coefficient (Wildman–Crippen LogP) is 5.89. The lowest BCUT2D eigenvalue weighted by atomic mass is 9.49. The Hall–Kier alpha value is -1.90. The maximum absolute atomic E-state index is 12.2. The first-order valence-corrected chi connectivity index (χ1v) is 14.7. The Bertz CT molecular complexity index is 1040. The Morgan fingerprint density at radius 3 is 2.68 bits per heavy atom. The minimum Gasteiger partial charge on any atom is -0.465 e. The fraction of sp³-hybridized carbons (Fsp3) is 0.750. The zero-order valence-electron chi connectivity index (χ0n) is 23.3. The van der Waals surface area contributed by atoms with E-state index >= 15 is 0 Å².